The van der Waals surface area contributed by atoms with Crippen LogP contribution in [-0.2, 0) is 4.74 Å². The molecule has 0 aromatic heterocycles. The van der Waals surface area contributed by atoms with Gasteiger partial charge in [-0.25, -0.2) is 4.79 Å². The van der Waals surface area contributed by atoms with Crippen LogP contribution in [0.15, 0.2) is 42.5 Å². The number of nitrogens with zero attached hydrogens (tertiary/aromatic N) is 2. The van der Waals surface area contributed by atoms with Gasteiger partial charge in [0.2, 0.25) is 0 Å². The van der Waals surface area contributed by atoms with Crippen LogP contribution in [0.1, 0.15) is 13.8 Å². The number of carbonyl (C=O) groups is 1. The van der Waals surface area contributed by atoms with Crippen molar-refractivity contribution in [2.75, 3.05) is 18.6 Å². The van der Waals surface area contributed by atoms with Crippen molar-refractivity contribution in [1.82, 2.24) is 4.90 Å². The van der Waals surface area contributed by atoms with Crippen LogP contribution in [0.25, 0.3) is 0 Å². The molecule has 1 unspecified atom stereocenters. The monoisotopic (exact) mass is 286 g/mol. The van der Waals surface area contributed by atoms with Crippen molar-refractivity contribution in [2.24, 2.45) is 5.92 Å². The van der Waals surface area contributed by atoms with Gasteiger partial charge in [-0.05, 0) is 18.1 Å². The quantitative estimate of drug-likeness (QED) is 0.797. The van der Waals surface area contributed by atoms with Gasteiger partial charge in [0, 0.05) is 19.3 Å². The molecular weight excluding hydrogens is 264 g/mol. The van der Waals surface area contributed by atoms with E-state index < -0.39 is 0 Å². The fraction of sp³-hybridized carbons (Fsp3) is 0.471. The fourth-order valence-corrected chi connectivity index (χ4v) is 3.32. The van der Waals surface area contributed by atoms with Gasteiger partial charge in [0.25, 0.3) is 0 Å². The molecular formula is C17H22N2O2. The van der Waals surface area contributed by atoms with Crippen molar-refractivity contribution in [3.05, 3.63) is 42.5 Å². The van der Waals surface area contributed by atoms with Crippen LogP contribution >= 0.6 is 0 Å². The Morgan fingerprint density at radius 3 is 2.52 bits per heavy atom. The highest BCUT2D eigenvalue weighted by atomic mass is 16.5. The van der Waals surface area contributed by atoms with Gasteiger partial charge in [0.1, 0.15) is 0 Å². The van der Waals surface area contributed by atoms with Crippen LogP contribution in [0.2, 0.25) is 0 Å². The highest BCUT2D eigenvalue weighted by Crippen LogP contribution is 2.36. The Morgan fingerprint density at radius 2 is 1.90 bits per heavy atom. The predicted octanol–water partition coefficient (Wildman–Crippen LogP) is 2.91. The second-order valence-corrected chi connectivity index (χ2v) is 6.10. The summed E-state index contributed by atoms with van der Waals surface area (Å²) >= 11 is 0. The number of urea groups is 1. The Hall–Kier alpha value is -1.81. The first-order chi connectivity index (χ1) is 10.1. The van der Waals surface area contributed by atoms with Crippen molar-refractivity contribution in [1.29, 1.82) is 0 Å². The maximum absolute atomic E-state index is 12.9. The van der Waals surface area contributed by atoms with E-state index in [9.17, 15) is 4.79 Å². The summed E-state index contributed by atoms with van der Waals surface area (Å²) in [7, 11) is 1.71. The molecule has 1 aromatic carbocycles. The lowest BCUT2D eigenvalue weighted by molar-refractivity contribution is 0.0738. The maximum atomic E-state index is 12.9. The summed E-state index contributed by atoms with van der Waals surface area (Å²) < 4.78 is 5.56. The molecule has 1 aliphatic heterocycles. The van der Waals surface area contributed by atoms with Crippen molar-refractivity contribution in [3.8, 4) is 0 Å². The minimum Gasteiger partial charge on any atom is -0.375 e. The second-order valence-electron chi connectivity index (χ2n) is 6.10. The van der Waals surface area contributed by atoms with Crippen LogP contribution in [-0.4, -0.2) is 42.8 Å². The molecule has 1 fully saturated rings. The van der Waals surface area contributed by atoms with Crippen LogP contribution in [0.3, 0.4) is 0 Å². The third-order valence-electron chi connectivity index (χ3n) is 4.16. The van der Waals surface area contributed by atoms with E-state index >= 15 is 0 Å². The van der Waals surface area contributed by atoms with E-state index in [2.05, 4.69) is 26.0 Å². The van der Waals surface area contributed by atoms with Gasteiger partial charge in [-0.2, -0.15) is 0 Å². The van der Waals surface area contributed by atoms with E-state index in [-0.39, 0.29) is 24.2 Å². The molecule has 2 amide bonds. The molecule has 1 heterocycles. The minimum absolute atomic E-state index is 0.0218. The molecule has 2 aliphatic rings. The lowest BCUT2D eigenvalue weighted by Crippen LogP contribution is -2.44. The summed E-state index contributed by atoms with van der Waals surface area (Å²) in [5.41, 5.74) is 0.949. The second kappa shape index (κ2) is 5.53. The van der Waals surface area contributed by atoms with Crippen LogP contribution < -0.4 is 4.90 Å². The molecule has 1 saturated heterocycles. The van der Waals surface area contributed by atoms with E-state index in [1.165, 1.54) is 0 Å². The molecule has 1 aromatic rings. The minimum atomic E-state index is -0.0218. The molecule has 0 radical (unpaired) electrons. The Labute approximate surface area is 126 Å². The zero-order valence-electron chi connectivity index (χ0n) is 12.8. The zero-order chi connectivity index (χ0) is 15.0. The molecule has 3 rings (SSSR count). The first-order valence-electron chi connectivity index (χ1n) is 7.49. The summed E-state index contributed by atoms with van der Waals surface area (Å²) in [5, 5.41) is 0. The average Bonchev–Trinajstić information content (AvgIpc) is 2.99. The number of ether oxygens (including phenoxy) is 1. The largest absolute Gasteiger partial charge is 0.375 e. The molecule has 21 heavy (non-hydrogen) atoms. The number of anilines is 1. The number of benzene rings is 1. The summed E-state index contributed by atoms with van der Waals surface area (Å²) in [4.78, 5) is 16.7. The molecule has 4 heteroatoms. The molecule has 0 bridgehead atoms. The highest BCUT2D eigenvalue weighted by Gasteiger charge is 2.50. The van der Waals surface area contributed by atoms with E-state index in [1.807, 2.05) is 40.1 Å². The molecule has 1 aliphatic carbocycles. The first-order valence-corrected chi connectivity index (χ1v) is 7.49. The average molecular weight is 286 g/mol. The van der Waals surface area contributed by atoms with Gasteiger partial charge >= 0.3 is 6.03 Å². The van der Waals surface area contributed by atoms with Crippen LogP contribution in [0.5, 0.6) is 0 Å². The number of amides is 2. The summed E-state index contributed by atoms with van der Waals surface area (Å²) in [6.45, 7) is 5.03. The van der Waals surface area contributed by atoms with E-state index in [4.69, 9.17) is 4.74 Å². The molecule has 0 spiro atoms. The number of carbonyl (C=O) groups excluding carboxylic acids is 1. The van der Waals surface area contributed by atoms with Gasteiger partial charge in [-0.15, -0.1) is 0 Å². The molecule has 3 atom stereocenters. The lowest BCUT2D eigenvalue weighted by Gasteiger charge is -2.28. The van der Waals surface area contributed by atoms with E-state index in [0.717, 1.165) is 12.2 Å². The smallest absolute Gasteiger partial charge is 0.325 e. The number of para-hydroxylation sites is 1. The Morgan fingerprint density at radius 1 is 1.19 bits per heavy atom. The van der Waals surface area contributed by atoms with Crippen molar-refractivity contribution in [2.45, 2.75) is 32.0 Å². The third-order valence-corrected chi connectivity index (χ3v) is 4.16. The molecule has 0 N–H and O–H groups in total. The van der Waals surface area contributed by atoms with Gasteiger partial charge in [0.05, 0.1) is 18.2 Å². The highest BCUT2D eigenvalue weighted by molar-refractivity contribution is 5.96. The van der Waals surface area contributed by atoms with Crippen LogP contribution in [0, 0.1) is 5.92 Å². The number of methoxy groups -OCH3 is 1. The molecule has 0 saturated carbocycles. The topological polar surface area (TPSA) is 32.8 Å². The van der Waals surface area contributed by atoms with Crippen molar-refractivity contribution < 1.29 is 9.53 Å². The Bertz CT molecular complexity index is 541. The van der Waals surface area contributed by atoms with E-state index in [1.54, 1.807) is 7.11 Å². The standard InChI is InChI=1S/C17H22N2O2/c1-12(2)11-18-16-14(9-10-15(16)21-3)19(17(18)20)13-7-5-4-6-8-13/h4-10,12,14-16H,11H2,1-3H3/t14?,15-,16-/m1/s1. The SMILES string of the molecule is CO[C@@H]1C=CC2[C@H]1N(CC(C)C)C(=O)N2c1ccccc1. The zero-order valence-corrected chi connectivity index (χ0v) is 12.8. The summed E-state index contributed by atoms with van der Waals surface area (Å²) in [6, 6.07) is 10.1. The lowest BCUT2D eigenvalue weighted by atomic mass is 10.1. The van der Waals surface area contributed by atoms with Crippen molar-refractivity contribution in [3.63, 3.8) is 0 Å². The first kappa shape index (κ1) is 14.1. The van der Waals surface area contributed by atoms with Gasteiger partial charge in [-0.3, -0.25) is 4.90 Å². The van der Waals surface area contributed by atoms with Crippen LogP contribution in [0.4, 0.5) is 10.5 Å². The Balaban J connectivity index is 1.96. The fourth-order valence-electron chi connectivity index (χ4n) is 3.32. The van der Waals surface area contributed by atoms with Gasteiger partial charge in [-0.1, -0.05) is 44.2 Å². The normalized spacial score (nSPS) is 27.8. The predicted molar refractivity (Wildman–Crippen MR) is 83.4 cm³/mol. The molecule has 112 valence electrons. The van der Waals surface area contributed by atoms with Crippen molar-refractivity contribution >= 4 is 11.7 Å². The summed E-state index contributed by atoms with van der Waals surface area (Å²) in [5.74, 6) is 0.434. The molecule has 4 nitrogen and oxygen atoms in total. The number of hydrogen-bond acceptors (Lipinski definition) is 2. The van der Waals surface area contributed by atoms with E-state index in [0.29, 0.717) is 5.92 Å². The maximum Gasteiger partial charge on any atom is 0.325 e. The number of fused-ring (bicyclic) bond motifs is 1. The van der Waals surface area contributed by atoms with Gasteiger partial charge in [0.15, 0.2) is 0 Å². The number of rotatable bonds is 4. The Kier molecular flexibility index (Phi) is 3.72. The number of hydrogen-bond donors (Lipinski definition) is 0. The third kappa shape index (κ3) is 2.33. The summed E-state index contributed by atoms with van der Waals surface area (Å²) in [6.07, 6.45) is 4.15. The van der Waals surface area contributed by atoms with Gasteiger partial charge < -0.3 is 9.64 Å².